The summed E-state index contributed by atoms with van der Waals surface area (Å²) in [7, 11) is 0. The number of ether oxygens (including phenoxy) is 1. The number of hydrogen-bond donors (Lipinski definition) is 1. The molecule has 20 heavy (non-hydrogen) atoms. The summed E-state index contributed by atoms with van der Waals surface area (Å²) in [4.78, 5) is 13.3. The van der Waals surface area contributed by atoms with Crippen LogP contribution < -0.4 is 5.73 Å². The molecule has 4 nitrogen and oxygen atoms in total. The van der Waals surface area contributed by atoms with Gasteiger partial charge >= 0.3 is 18.1 Å². The maximum atomic E-state index is 13.3. The molecule has 1 heterocycles. The number of halogens is 5. The van der Waals surface area contributed by atoms with Crippen LogP contribution in [0.15, 0.2) is 0 Å². The Morgan fingerprint density at radius 2 is 1.70 bits per heavy atom. The summed E-state index contributed by atoms with van der Waals surface area (Å²) in [5, 5.41) is -0.579. The van der Waals surface area contributed by atoms with Crippen molar-refractivity contribution in [2.24, 2.45) is 0 Å². The normalized spacial score (nSPS) is 13.4. The Balaban J connectivity index is 3.28. The predicted octanol–water partition coefficient (Wildman–Crippen LogP) is 3.33. The van der Waals surface area contributed by atoms with E-state index in [2.05, 4.69) is 4.98 Å². The summed E-state index contributed by atoms with van der Waals surface area (Å²) in [5.41, 5.74) is 2.93. The molecule has 0 radical (unpaired) electrons. The van der Waals surface area contributed by atoms with E-state index in [9.17, 15) is 26.7 Å². The van der Waals surface area contributed by atoms with E-state index in [0.717, 1.165) is 0 Å². The summed E-state index contributed by atoms with van der Waals surface area (Å²) in [6, 6.07) is 0. The summed E-state index contributed by atoms with van der Waals surface area (Å²) < 4.78 is 68.4. The molecule has 1 aromatic heterocycles. The zero-order valence-electron chi connectivity index (χ0n) is 10.6. The van der Waals surface area contributed by atoms with Gasteiger partial charge in [0.05, 0.1) is 0 Å². The van der Waals surface area contributed by atoms with E-state index in [1.54, 1.807) is 0 Å². The second-order valence-corrected chi connectivity index (χ2v) is 5.83. The fourth-order valence-corrected chi connectivity index (χ4v) is 1.96. The number of aromatic nitrogens is 1. The van der Waals surface area contributed by atoms with E-state index in [0.29, 0.717) is 0 Å². The van der Waals surface area contributed by atoms with Gasteiger partial charge in [0.2, 0.25) is 0 Å². The molecule has 114 valence electrons. The Morgan fingerprint density at radius 3 is 2.10 bits per heavy atom. The van der Waals surface area contributed by atoms with E-state index in [1.165, 1.54) is 20.8 Å². The molecule has 0 amide bonds. The smallest absolute Gasteiger partial charge is 0.455 e. The number of carbonyl (C=O) groups is 1. The van der Waals surface area contributed by atoms with Crippen molar-refractivity contribution in [1.82, 2.24) is 4.98 Å². The molecule has 0 aliphatic carbocycles. The number of hydrogen-bond acceptors (Lipinski definition) is 5. The first-order valence-electron chi connectivity index (χ1n) is 5.20. The van der Waals surface area contributed by atoms with Crippen molar-refractivity contribution in [3.63, 3.8) is 0 Å². The van der Waals surface area contributed by atoms with Crippen molar-refractivity contribution in [2.75, 3.05) is 5.73 Å². The lowest BCUT2D eigenvalue weighted by molar-refractivity contribution is -0.288. The molecule has 1 rings (SSSR count). The molecule has 1 aromatic rings. The van der Waals surface area contributed by atoms with Crippen LogP contribution in [0.25, 0.3) is 0 Å². The predicted molar refractivity (Wildman–Crippen MR) is 61.6 cm³/mol. The summed E-state index contributed by atoms with van der Waals surface area (Å²) in [6.45, 7) is 4.30. The highest BCUT2D eigenvalue weighted by atomic mass is 32.1. The van der Waals surface area contributed by atoms with E-state index in [-0.39, 0.29) is 11.3 Å². The van der Waals surface area contributed by atoms with Gasteiger partial charge in [0.25, 0.3) is 0 Å². The molecule has 10 heteroatoms. The number of nitrogen functional groups attached to an aromatic ring is 1. The molecule has 0 fully saturated rings. The van der Waals surface area contributed by atoms with E-state index in [1.807, 2.05) is 0 Å². The van der Waals surface area contributed by atoms with Crippen molar-refractivity contribution >= 4 is 22.4 Å². The first-order chi connectivity index (χ1) is 8.75. The largest absolute Gasteiger partial charge is 0.459 e. The zero-order chi connectivity index (χ0) is 15.9. The minimum absolute atomic E-state index is 0.102. The van der Waals surface area contributed by atoms with Gasteiger partial charge in [-0.15, -0.1) is 0 Å². The van der Waals surface area contributed by atoms with Gasteiger partial charge in [-0.05, 0) is 20.8 Å². The van der Waals surface area contributed by atoms with Gasteiger partial charge in [-0.1, -0.05) is 11.3 Å². The molecule has 0 bridgehead atoms. The van der Waals surface area contributed by atoms with Gasteiger partial charge in [-0.2, -0.15) is 22.0 Å². The van der Waals surface area contributed by atoms with Gasteiger partial charge in [-0.3, -0.25) is 0 Å². The number of thiazole rings is 1. The van der Waals surface area contributed by atoms with Crippen molar-refractivity contribution < 1.29 is 31.5 Å². The van der Waals surface area contributed by atoms with Crippen LogP contribution in [0.3, 0.4) is 0 Å². The fraction of sp³-hybridized carbons (Fsp3) is 0.600. The Bertz CT molecular complexity index is 519. The van der Waals surface area contributed by atoms with Crippen LogP contribution in [-0.4, -0.2) is 22.7 Å². The van der Waals surface area contributed by atoms with Crippen LogP contribution in [0, 0.1) is 0 Å². The molecule has 0 spiro atoms. The number of carbonyl (C=O) groups excluding carboxylic acids is 1. The molecule has 0 aromatic carbocycles. The molecule has 0 saturated heterocycles. The molecular formula is C10H11F5N2O2S. The average Bonchev–Trinajstić information content (AvgIpc) is 2.56. The highest BCUT2D eigenvalue weighted by molar-refractivity contribution is 7.15. The van der Waals surface area contributed by atoms with Crippen LogP contribution in [0.4, 0.5) is 27.1 Å². The highest BCUT2D eigenvalue weighted by Crippen LogP contribution is 2.47. The van der Waals surface area contributed by atoms with Gasteiger partial charge in [0, 0.05) is 0 Å². The van der Waals surface area contributed by atoms with Gasteiger partial charge in [0.1, 0.15) is 10.5 Å². The van der Waals surface area contributed by atoms with Crippen molar-refractivity contribution in [2.45, 2.75) is 38.5 Å². The van der Waals surface area contributed by atoms with Crippen LogP contribution in [0.5, 0.6) is 0 Å². The molecule has 2 N–H and O–H groups in total. The number of nitrogens with two attached hydrogens (primary N) is 1. The minimum atomic E-state index is -5.86. The first-order valence-corrected chi connectivity index (χ1v) is 6.02. The molecule has 0 saturated carbocycles. The standard InChI is InChI=1S/C10H11F5N2O2S/c1-8(2,3)19-6(18)4-5(20-7(16)17-4)9(11,12)10(13,14)15/h1-3H3,(H2,16,17). The lowest BCUT2D eigenvalue weighted by Crippen LogP contribution is -2.35. The lowest BCUT2D eigenvalue weighted by atomic mass is 10.2. The number of anilines is 1. The number of nitrogens with zero attached hydrogens (tertiary/aromatic N) is 1. The Labute approximate surface area is 114 Å². The molecular weight excluding hydrogens is 307 g/mol. The molecule has 0 unspecified atom stereocenters. The SMILES string of the molecule is CC(C)(C)OC(=O)c1nc(N)sc1C(F)(F)C(F)(F)F. The average molecular weight is 318 g/mol. The first kappa shape index (κ1) is 16.6. The number of rotatable bonds is 2. The maximum Gasteiger partial charge on any atom is 0.459 e. The lowest BCUT2D eigenvalue weighted by Gasteiger charge is -2.21. The van der Waals surface area contributed by atoms with E-state index < -0.39 is 39.4 Å². The van der Waals surface area contributed by atoms with Crippen molar-refractivity contribution in [1.29, 1.82) is 0 Å². The van der Waals surface area contributed by atoms with Crippen LogP contribution in [0.2, 0.25) is 0 Å². The fourth-order valence-electron chi connectivity index (χ4n) is 1.14. The zero-order valence-corrected chi connectivity index (χ0v) is 11.5. The third kappa shape index (κ3) is 3.35. The van der Waals surface area contributed by atoms with Crippen LogP contribution in [-0.2, 0) is 10.7 Å². The van der Waals surface area contributed by atoms with Crippen LogP contribution in [0.1, 0.15) is 36.1 Å². The second-order valence-electron chi connectivity index (χ2n) is 4.80. The van der Waals surface area contributed by atoms with Crippen molar-refractivity contribution in [3.05, 3.63) is 10.6 Å². The summed E-state index contributed by atoms with van der Waals surface area (Å²) in [6.07, 6.45) is -5.86. The van der Waals surface area contributed by atoms with Gasteiger partial charge < -0.3 is 10.5 Å². The van der Waals surface area contributed by atoms with E-state index >= 15 is 0 Å². The molecule has 0 aliphatic rings. The monoisotopic (exact) mass is 318 g/mol. The third-order valence-electron chi connectivity index (χ3n) is 1.88. The van der Waals surface area contributed by atoms with Crippen LogP contribution >= 0.6 is 11.3 Å². The highest BCUT2D eigenvalue weighted by Gasteiger charge is 2.61. The minimum Gasteiger partial charge on any atom is -0.455 e. The Kier molecular flexibility index (Phi) is 4.01. The summed E-state index contributed by atoms with van der Waals surface area (Å²) >= 11 is -0.102. The maximum absolute atomic E-state index is 13.3. The number of alkyl halides is 5. The molecule has 0 atom stereocenters. The second kappa shape index (κ2) is 4.83. The Morgan fingerprint density at radius 1 is 1.20 bits per heavy atom. The quantitative estimate of drug-likeness (QED) is 0.671. The number of esters is 1. The Hall–Kier alpha value is -1.45. The van der Waals surface area contributed by atoms with Crippen molar-refractivity contribution in [3.8, 4) is 0 Å². The third-order valence-corrected chi connectivity index (χ3v) is 2.83. The van der Waals surface area contributed by atoms with Gasteiger partial charge in [0.15, 0.2) is 10.8 Å². The topological polar surface area (TPSA) is 65.2 Å². The van der Waals surface area contributed by atoms with E-state index in [4.69, 9.17) is 10.5 Å². The summed E-state index contributed by atoms with van der Waals surface area (Å²) in [5.74, 6) is -6.61. The van der Waals surface area contributed by atoms with Gasteiger partial charge in [-0.25, -0.2) is 9.78 Å². The molecule has 0 aliphatic heterocycles.